The molecule has 0 unspecified atom stereocenters. The second-order valence-corrected chi connectivity index (χ2v) is 5.34. The molecule has 2 fully saturated rings. The molecule has 2 atom stereocenters. The summed E-state index contributed by atoms with van der Waals surface area (Å²) >= 11 is 0. The Bertz CT molecular complexity index is 580. The van der Waals surface area contributed by atoms with Gasteiger partial charge in [0.1, 0.15) is 12.1 Å². The fraction of sp³-hybridized carbons (Fsp3) is 0.571. The average Bonchev–Trinajstić information content (AvgIpc) is 3.16. The van der Waals surface area contributed by atoms with Crippen LogP contribution in [-0.2, 0) is 9.59 Å². The number of ether oxygens (including phenoxy) is 2. The Morgan fingerprint density at radius 2 is 2.09 bits per heavy atom. The summed E-state index contributed by atoms with van der Waals surface area (Å²) in [6.07, 6.45) is 4.61. The molecular formula is C14H18N4O4. The van der Waals surface area contributed by atoms with Gasteiger partial charge in [-0.25, -0.2) is 9.97 Å². The minimum atomic E-state index is -0.391. The Hall–Kier alpha value is -2.38. The quantitative estimate of drug-likeness (QED) is 0.824. The molecule has 2 aliphatic rings. The van der Waals surface area contributed by atoms with Crippen LogP contribution in [0.4, 0.5) is 0 Å². The largest absolute Gasteiger partial charge is 0.477 e. The third-order valence-corrected chi connectivity index (χ3v) is 3.85. The van der Waals surface area contributed by atoms with E-state index in [0.29, 0.717) is 44.1 Å². The number of nitrogens with one attached hydrogen (secondary N) is 1. The third-order valence-electron chi connectivity index (χ3n) is 3.85. The minimum absolute atomic E-state index is 0.0388. The van der Waals surface area contributed by atoms with E-state index in [1.165, 1.54) is 19.5 Å². The summed E-state index contributed by atoms with van der Waals surface area (Å²) in [7, 11) is 1.50. The highest BCUT2D eigenvalue weighted by atomic mass is 16.5. The van der Waals surface area contributed by atoms with Crippen molar-refractivity contribution in [2.75, 3.05) is 20.2 Å². The molecule has 22 heavy (non-hydrogen) atoms. The van der Waals surface area contributed by atoms with Crippen molar-refractivity contribution in [3.63, 3.8) is 0 Å². The molecule has 3 heterocycles. The van der Waals surface area contributed by atoms with E-state index in [1.807, 2.05) is 0 Å². The van der Waals surface area contributed by atoms with E-state index in [0.717, 1.165) is 0 Å². The van der Waals surface area contributed by atoms with Crippen molar-refractivity contribution in [1.82, 2.24) is 20.2 Å². The molecule has 0 bridgehead atoms. The van der Waals surface area contributed by atoms with Gasteiger partial charge in [0.05, 0.1) is 13.7 Å². The third kappa shape index (κ3) is 2.95. The fourth-order valence-corrected chi connectivity index (χ4v) is 2.74. The number of amides is 2. The lowest BCUT2D eigenvalue weighted by molar-refractivity contribution is -0.133. The number of hydrogen-bond acceptors (Lipinski definition) is 6. The zero-order chi connectivity index (χ0) is 15.5. The summed E-state index contributed by atoms with van der Waals surface area (Å²) < 4.78 is 10.9. The van der Waals surface area contributed by atoms with Crippen LogP contribution in [-0.4, -0.2) is 59.0 Å². The van der Waals surface area contributed by atoms with Crippen LogP contribution >= 0.6 is 0 Å². The number of likely N-dealkylation sites (tertiary alicyclic amines) is 1. The van der Waals surface area contributed by atoms with Gasteiger partial charge in [-0.1, -0.05) is 0 Å². The number of hydrogen-bond donors (Lipinski definition) is 1. The zero-order valence-corrected chi connectivity index (χ0v) is 12.3. The Morgan fingerprint density at radius 3 is 2.77 bits per heavy atom. The molecule has 1 aromatic rings. The maximum absolute atomic E-state index is 12.3. The molecule has 1 aromatic heterocycles. The van der Waals surface area contributed by atoms with Gasteiger partial charge < -0.3 is 19.7 Å². The summed E-state index contributed by atoms with van der Waals surface area (Å²) in [6, 6.07) is -0.391. The fourth-order valence-electron chi connectivity index (χ4n) is 2.74. The first-order valence-electron chi connectivity index (χ1n) is 7.27. The number of nitrogens with zero attached hydrogens (tertiary/aromatic N) is 3. The molecule has 2 saturated heterocycles. The Labute approximate surface area is 127 Å². The topological polar surface area (TPSA) is 93.7 Å². The molecule has 118 valence electrons. The monoisotopic (exact) mass is 306 g/mol. The van der Waals surface area contributed by atoms with Gasteiger partial charge in [0.25, 0.3) is 11.8 Å². The van der Waals surface area contributed by atoms with Crippen molar-refractivity contribution in [3.8, 4) is 11.8 Å². The van der Waals surface area contributed by atoms with Crippen LogP contribution in [0, 0.1) is 0 Å². The van der Waals surface area contributed by atoms with Gasteiger partial charge in [0.15, 0.2) is 0 Å². The molecule has 0 aromatic carbocycles. The molecule has 1 N–H and O–H groups in total. The van der Waals surface area contributed by atoms with Crippen molar-refractivity contribution >= 4 is 11.8 Å². The van der Waals surface area contributed by atoms with Gasteiger partial charge in [0, 0.05) is 31.8 Å². The lowest BCUT2D eigenvalue weighted by Gasteiger charge is -2.20. The highest BCUT2D eigenvalue weighted by Gasteiger charge is 2.35. The van der Waals surface area contributed by atoms with E-state index >= 15 is 0 Å². The summed E-state index contributed by atoms with van der Waals surface area (Å²) in [5.41, 5.74) is 0. The van der Waals surface area contributed by atoms with Crippen molar-refractivity contribution in [2.24, 2.45) is 0 Å². The van der Waals surface area contributed by atoms with Crippen LogP contribution in [0.1, 0.15) is 19.3 Å². The molecule has 0 radical (unpaired) electrons. The van der Waals surface area contributed by atoms with Gasteiger partial charge in [-0.05, 0) is 6.42 Å². The summed E-state index contributed by atoms with van der Waals surface area (Å²) in [5.74, 6) is 0.562. The molecule has 2 aliphatic heterocycles. The van der Waals surface area contributed by atoms with Gasteiger partial charge in [-0.15, -0.1) is 0 Å². The first kappa shape index (κ1) is 14.6. The van der Waals surface area contributed by atoms with Gasteiger partial charge in [-0.3, -0.25) is 9.59 Å². The first-order chi connectivity index (χ1) is 10.7. The molecule has 0 saturated carbocycles. The van der Waals surface area contributed by atoms with E-state index in [1.54, 1.807) is 4.90 Å². The van der Waals surface area contributed by atoms with Crippen LogP contribution in [0.2, 0.25) is 0 Å². The Kier molecular flexibility index (Phi) is 4.08. The lowest BCUT2D eigenvalue weighted by Crippen LogP contribution is -2.44. The second kappa shape index (κ2) is 6.17. The molecule has 2 amide bonds. The minimum Gasteiger partial charge on any atom is -0.477 e. The van der Waals surface area contributed by atoms with Crippen molar-refractivity contribution < 1.29 is 19.1 Å². The highest BCUT2D eigenvalue weighted by molar-refractivity contribution is 5.90. The maximum atomic E-state index is 12.3. The molecule has 8 heteroatoms. The Morgan fingerprint density at radius 1 is 1.32 bits per heavy atom. The Balaban J connectivity index is 1.58. The van der Waals surface area contributed by atoms with E-state index in [-0.39, 0.29) is 17.9 Å². The summed E-state index contributed by atoms with van der Waals surface area (Å²) in [4.78, 5) is 33.4. The van der Waals surface area contributed by atoms with Crippen molar-refractivity contribution in [3.05, 3.63) is 12.4 Å². The van der Waals surface area contributed by atoms with Crippen LogP contribution < -0.4 is 14.8 Å². The molecule has 0 spiro atoms. The smallest absolute Gasteiger partial charge is 0.278 e. The molecule has 0 aliphatic carbocycles. The first-order valence-corrected chi connectivity index (χ1v) is 7.27. The normalized spacial score (nSPS) is 24.2. The average molecular weight is 306 g/mol. The van der Waals surface area contributed by atoms with Crippen LogP contribution in [0.5, 0.6) is 11.8 Å². The second-order valence-electron chi connectivity index (χ2n) is 5.34. The van der Waals surface area contributed by atoms with Crippen LogP contribution in [0.25, 0.3) is 0 Å². The van der Waals surface area contributed by atoms with E-state index in [2.05, 4.69) is 15.3 Å². The number of aromatic nitrogens is 2. The zero-order valence-electron chi connectivity index (χ0n) is 12.3. The lowest BCUT2D eigenvalue weighted by atomic mass is 10.2. The van der Waals surface area contributed by atoms with Crippen molar-refractivity contribution in [2.45, 2.75) is 31.4 Å². The highest BCUT2D eigenvalue weighted by Crippen LogP contribution is 2.24. The number of rotatable bonds is 4. The van der Waals surface area contributed by atoms with Crippen LogP contribution in [0.3, 0.4) is 0 Å². The van der Waals surface area contributed by atoms with Gasteiger partial charge >= 0.3 is 0 Å². The predicted molar refractivity (Wildman–Crippen MR) is 75.4 cm³/mol. The summed E-state index contributed by atoms with van der Waals surface area (Å²) in [5, 5.41) is 2.70. The SMILES string of the molecule is COc1nccnc1O[C@@H]1CCN(C(=O)[C@H]2CCC(=O)N2)C1. The predicted octanol–water partition coefficient (Wildman–Crippen LogP) is -0.256. The number of carbonyl (C=O) groups is 2. The van der Waals surface area contributed by atoms with E-state index in [9.17, 15) is 9.59 Å². The number of methoxy groups -OCH3 is 1. The maximum Gasteiger partial charge on any atom is 0.278 e. The summed E-state index contributed by atoms with van der Waals surface area (Å²) in [6.45, 7) is 1.09. The molecule has 3 rings (SSSR count). The standard InChI is InChI=1S/C14H18N4O4/c1-21-12-13(16-6-5-15-12)22-9-4-7-18(8-9)14(20)10-2-3-11(19)17-10/h5-6,9-10H,2-4,7-8H2,1H3,(H,17,19)/t9-,10-/m1/s1. The van der Waals surface area contributed by atoms with Crippen LogP contribution in [0.15, 0.2) is 12.4 Å². The van der Waals surface area contributed by atoms with E-state index < -0.39 is 6.04 Å². The van der Waals surface area contributed by atoms with Gasteiger partial charge in [-0.2, -0.15) is 0 Å². The van der Waals surface area contributed by atoms with Crippen molar-refractivity contribution in [1.29, 1.82) is 0 Å². The molecular weight excluding hydrogens is 288 g/mol. The van der Waals surface area contributed by atoms with Gasteiger partial charge in [0.2, 0.25) is 11.8 Å². The number of carbonyl (C=O) groups excluding carboxylic acids is 2. The molecule has 8 nitrogen and oxygen atoms in total. The van der Waals surface area contributed by atoms with E-state index in [4.69, 9.17) is 9.47 Å².